The number of sulfonamides is 1. The topological polar surface area (TPSA) is 136 Å². The summed E-state index contributed by atoms with van der Waals surface area (Å²) in [5, 5.41) is 11.1. The van der Waals surface area contributed by atoms with Gasteiger partial charge in [0.15, 0.2) is 0 Å². The first kappa shape index (κ1) is 24.8. The van der Waals surface area contributed by atoms with E-state index in [9.17, 15) is 28.1 Å². The van der Waals surface area contributed by atoms with E-state index >= 15 is 0 Å². The van der Waals surface area contributed by atoms with Crippen molar-refractivity contribution in [3.05, 3.63) is 63.7 Å². The fraction of sp³-hybridized carbons (Fsp3) is 0.333. The number of carbonyl (C=O) groups is 2. The summed E-state index contributed by atoms with van der Waals surface area (Å²) in [5.74, 6) is -1.22. The van der Waals surface area contributed by atoms with E-state index in [1.165, 1.54) is 55.3 Å². The molecule has 172 valence electrons. The number of hydrogen-bond acceptors (Lipinski definition) is 7. The summed E-state index contributed by atoms with van der Waals surface area (Å²) in [6, 6.07) is 9.41. The fourth-order valence-electron chi connectivity index (χ4n) is 2.99. The molecule has 0 saturated carbocycles. The molecule has 10 nitrogen and oxygen atoms in total. The smallest absolute Gasteiger partial charge is 0.310 e. The van der Waals surface area contributed by atoms with E-state index in [0.29, 0.717) is 17.7 Å². The number of aryl methyl sites for hydroxylation is 1. The number of amides is 1. The van der Waals surface area contributed by atoms with Crippen LogP contribution in [-0.4, -0.2) is 50.3 Å². The van der Waals surface area contributed by atoms with Gasteiger partial charge in [0.05, 0.1) is 22.8 Å². The number of carbonyl (C=O) groups excluding carboxylic acids is 2. The van der Waals surface area contributed by atoms with E-state index in [1.54, 1.807) is 13.8 Å². The van der Waals surface area contributed by atoms with E-state index in [0.717, 1.165) is 6.07 Å². The summed E-state index contributed by atoms with van der Waals surface area (Å²) in [6.45, 7) is 5.52. The highest BCUT2D eigenvalue weighted by Gasteiger charge is 2.22. The van der Waals surface area contributed by atoms with Gasteiger partial charge in [0, 0.05) is 36.0 Å². The third kappa shape index (κ3) is 5.82. The molecule has 2 aromatic carbocycles. The van der Waals surface area contributed by atoms with Crippen LogP contribution in [0.2, 0.25) is 0 Å². The Kier molecular flexibility index (Phi) is 7.92. The molecule has 0 aliphatic heterocycles. The lowest BCUT2D eigenvalue weighted by Crippen LogP contribution is -2.37. The van der Waals surface area contributed by atoms with Crippen molar-refractivity contribution in [1.82, 2.24) is 4.90 Å². The standard InChI is InChI=1S/C21H25N3O7S/c1-5-23(13-15(3)21(26)31-4)20(25)16-7-9-17(10-8-16)22-32(29,30)18-11-6-14(2)19(12-18)24(27)28/h6-12,15,22H,5,13H2,1-4H3. The van der Waals surface area contributed by atoms with Crippen LogP contribution in [0.5, 0.6) is 0 Å². The number of methoxy groups -OCH3 is 1. The molecule has 0 saturated heterocycles. The number of nitro groups is 1. The van der Waals surface area contributed by atoms with Gasteiger partial charge in [-0.3, -0.25) is 24.4 Å². The van der Waals surface area contributed by atoms with Gasteiger partial charge in [0.25, 0.3) is 21.6 Å². The Morgan fingerprint density at radius 3 is 2.34 bits per heavy atom. The predicted octanol–water partition coefficient (Wildman–Crippen LogP) is 2.98. The number of benzene rings is 2. The lowest BCUT2D eigenvalue weighted by atomic mass is 10.1. The Morgan fingerprint density at radius 1 is 1.19 bits per heavy atom. The van der Waals surface area contributed by atoms with Gasteiger partial charge in [-0.05, 0) is 44.2 Å². The maximum atomic E-state index is 12.7. The lowest BCUT2D eigenvalue weighted by molar-refractivity contribution is -0.385. The van der Waals surface area contributed by atoms with Crippen LogP contribution >= 0.6 is 0 Å². The predicted molar refractivity (Wildman–Crippen MR) is 118 cm³/mol. The molecule has 0 bridgehead atoms. The molecule has 0 radical (unpaired) electrons. The van der Waals surface area contributed by atoms with E-state index < -0.39 is 26.8 Å². The van der Waals surface area contributed by atoms with Crippen molar-refractivity contribution in [2.75, 3.05) is 24.9 Å². The van der Waals surface area contributed by atoms with Crippen molar-refractivity contribution < 1.29 is 27.7 Å². The molecule has 0 aromatic heterocycles. The summed E-state index contributed by atoms with van der Waals surface area (Å²) in [4.78, 5) is 36.1. The van der Waals surface area contributed by atoms with Gasteiger partial charge in [-0.1, -0.05) is 13.0 Å². The number of nitro benzene ring substituents is 1. The zero-order valence-electron chi connectivity index (χ0n) is 18.2. The molecule has 32 heavy (non-hydrogen) atoms. The van der Waals surface area contributed by atoms with Crippen LogP contribution in [0.25, 0.3) is 0 Å². The number of rotatable bonds is 9. The van der Waals surface area contributed by atoms with Gasteiger partial charge in [-0.25, -0.2) is 8.42 Å². The molecule has 0 spiro atoms. The van der Waals surface area contributed by atoms with Crippen molar-refractivity contribution in [1.29, 1.82) is 0 Å². The summed E-state index contributed by atoms with van der Waals surface area (Å²) in [5.41, 5.74) is 0.557. The van der Waals surface area contributed by atoms with Gasteiger partial charge in [0.2, 0.25) is 0 Å². The molecular weight excluding hydrogens is 438 g/mol. The highest BCUT2D eigenvalue weighted by atomic mass is 32.2. The Bertz CT molecular complexity index is 1110. The minimum absolute atomic E-state index is 0.183. The van der Waals surface area contributed by atoms with Gasteiger partial charge in [-0.2, -0.15) is 0 Å². The van der Waals surface area contributed by atoms with E-state index in [4.69, 9.17) is 0 Å². The number of esters is 1. The second-order valence-electron chi connectivity index (χ2n) is 7.16. The second kappa shape index (κ2) is 10.2. The number of hydrogen-bond donors (Lipinski definition) is 1. The number of nitrogens with zero attached hydrogens (tertiary/aromatic N) is 2. The summed E-state index contributed by atoms with van der Waals surface area (Å²) in [7, 11) is -2.79. The molecule has 1 unspecified atom stereocenters. The molecule has 0 aliphatic carbocycles. The maximum absolute atomic E-state index is 12.7. The van der Waals surface area contributed by atoms with Crippen LogP contribution in [0, 0.1) is 23.0 Å². The van der Waals surface area contributed by atoms with Crippen LogP contribution < -0.4 is 4.72 Å². The van der Waals surface area contributed by atoms with Crippen LogP contribution in [0.4, 0.5) is 11.4 Å². The first-order chi connectivity index (χ1) is 15.0. The van der Waals surface area contributed by atoms with Gasteiger partial charge in [-0.15, -0.1) is 0 Å². The highest BCUT2D eigenvalue weighted by Crippen LogP contribution is 2.24. The fourth-order valence-corrected chi connectivity index (χ4v) is 4.07. The molecular formula is C21H25N3O7S. The molecule has 1 amide bonds. The zero-order valence-corrected chi connectivity index (χ0v) is 19.0. The SMILES string of the molecule is CCN(CC(C)C(=O)OC)C(=O)c1ccc(NS(=O)(=O)c2ccc(C)c([N+](=O)[O-])c2)cc1. The van der Waals surface area contributed by atoms with E-state index in [2.05, 4.69) is 9.46 Å². The van der Waals surface area contributed by atoms with Crippen molar-refractivity contribution >= 4 is 33.3 Å². The van der Waals surface area contributed by atoms with Crippen molar-refractivity contribution in [3.8, 4) is 0 Å². The summed E-state index contributed by atoms with van der Waals surface area (Å²) >= 11 is 0. The quantitative estimate of drug-likeness (QED) is 0.343. The Morgan fingerprint density at radius 2 is 1.81 bits per heavy atom. The minimum Gasteiger partial charge on any atom is -0.469 e. The number of ether oxygens (including phenoxy) is 1. The van der Waals surface area contributed by atoms with Crippen molar-refractivity contribution in [2.45, 2.75) is 25.7 Å². The third-order valence-corrected chi connectivity index (χ3v) is 6.22. The molecule has 0 fully saturated rings. The summed E-state index contributed by atoms with van der Waals surface area (Å²) < 4.78 is 32.3. The molecule has 0 aliphatic rings. The van der Waals surface area contributed by atoms with Crippen molar-refractivity contribution in [2.24, 2.45) is 5.92 Å². The van der Waals surface area contributed by atoms with Crippen LogP contribution in [-0.2, 0) is 19.6 Å². The summed E-state index contributed by atoms with van der Waals surface area (Å²) in [6.07, 6.45) is 0. The molecule has 1 atom stereocenters. The lowest BCUT2D eigenvalue weighted by Gasteiger charge is -2.23. The van der Waals surface area contributed by atoms with E-state index in [-0.39, 0.29) is 28.7 Å². The largest absolute Gasteiger partial charge is 0.469 e. The Balaban J connectivity index is 2.18. The minimum atomic E-state index is -4.07. The first-order valence-electron chi connectivity index (χ1n) is 9.75. The second-order valence-corrected chi connectivity index (χ2v) is 8.84. The number of anilines is 1. The maximum Gasteiger partial charge on any atom is 0.310 e. The van der Waals surface area contributed by atoms with Crippen molar-refractivity contribution in [3.63, 3.8) is 0 Å². The van der Waals surface area contributed by atoms with Gasteiger partial charge >= 0.3 is 5.97 Å². The van der Waals surface area contributed by atoms with E-state index in [1.807, 2.05) is 0 Å². The molecule has 2 rings (SSSR count). The Hall–Kier alpha value is -3.47. The highest BCUT2D eigenvalue weighted by molar-refractivity contribution is 7.92. The number of nitrogens with one attached hydrogen (secondary N) is 1. The first-order valence-corrected chi connectivity index (χ1v) is 11.2. The van der Waals surface area contributed by atoms with Gasteiger partial charge < -0.3 is 9.64 Å². The normalized spacial score (nSPS) is 12.0. The Labute approximate surface area is 186 Å². The molecule has 11 heteroatoms. The average molecular weight is 464 g/mol. The van der Waals surface area contributed by atoms with Gasteiger partial charge in [0.1, 0.15) is 0 Å². The zero-order chi connectivity index (χ0) is 24.1. The van der Waals surface area contributed by atoms with Crippen LogP contribution in [0.1, 0.15) is 29.8 Å². The average Bonchev–Trinajstić information content (AvgIpc) is 2.76. The van der Waals surface area contributed by atoms with Crippen LogP contribution in [0.3, 0.4) is 0 Å². The molecule has 0 heterocycles. The van der Waals surface area contributed by atoms with Crippen LogP contribution in [0.15, 0.2) is 47.4 Å². The molecule has 1 N–H and O–H groups in total. The third-order valence-electron chi connectivity index (χ3n) is 4.84. The monoisotopic (exact) mass is 463 g/mol. The molecule has 2 aromatic rings.